The zero-order chi connectivity index (χ0) is 11.4. The molecule has 1 aromatic carbocycles. The van der Waals surface area contributed by atoms with Crippen LogP contribution in [0.2, 0.25) is 0 Å². The molecular formula is C14H18OS. The molecule has 0 radical (unpaired) electrons. The molecule has 1 nitrogen and oxygen atoms in total. The van der Waals surface area contributed by atoms with Gasteiger partial charge in [-0.2, -0.15) is 0 Å². The smallest absolute Gasteiger partial charge is 0.145 e. The van der Waals surface area contributed by atoms with E-state index in [1.165, 1.54) is 17.5 Å². The van der Waals surface area contributed by atoms with Gasteiger partial charge in [-0.05, 0) is 25.3 Å². The summed E-state index contributed by atoms with van der Waals surface area (Å²) in [5.74, 6) is 1.43. The summed E-state index contributed by atoms with van der Waals surface area (Å²) in [5.41, 5.74) is 2.64. The third kappa shape index (κ3) is 3.11. The van der Waals surface area contributed by atoms with Crippen LogP contribution in [0.5, 0.6) is 0 Å². The van der Waals surface area contributed by atoms with Gasteiger partial charge in [0.1, 0.15) is 5.78 Å². The predicted octanol–water partition coefficient (Wildman–Crippen LogP) is 3.74. The Kier molecular flexibility index (Phi) is 4.05. The van der Waals surface area contributed by atoms with Gasteiger partial charge in [0.15, 0.2) is 0 Å². The highest BCUT2D eigenvalue weighted by Crippen LogP contribution is 2.28. The van der Waals surface area contributed by atoms with Gasteiger partial charge in [0.2, 0.25) is 0 Å². The summed E-state index contributed by atoms with van der Waals surface area (Å²) in [4.78, 5) is 11.7. The first kappa shape index (κ1) is 11.7. The highest BCUT2D eigenvalue weighted by atomic mass is 32.2. The molecule has 1 aromatic rings. The lowest BCUT2D eigenvalue weighted by Crippen LogP contribution is -2.21. The Balaban J connectivity index is 1.89. The van der Waals surface area contributed by atoms with Crippen molar-refractivity contribution in [3.05, 3.63) is 35.4 Å². The van der Waals surface area contributed by atoms with Crippen molar-refractivity contribution in [3.8, 4) is 0 Å². The van der Waals surface area contributed by atoms with Gasteiger partial charge in [0.25, 0.3) is 0 Å². The largest absolute Gasteiger partial charge is 0.298 e. The third-order valence-corrected chi connectivity index (χ3v) is 4.43. The molecule has 1 aliphatic rings. The van der Waals surface area contributed by atoms with E-state index in [-0.39, 0.29) is 5.25 Å². The number of thioether (sulfide) groups is 1. The Morgan fingerprint density at radius 2 is 2.25 bits per heavy atom. The third-order valence-electron chi connectivity index (χ3n) is 3.03. The molecule has 0 bridgehead atoms. The van der Waals surface area contributed by atoms with E-state index in [0.717, 1.165) is 25.0 Å². The van der Waals surface area contributed by atoms with Gasteiger partial charge in [-0.25, -0.2) is 0 Å². The van der Waals surface area contributed by atoms with Gasteiger partial charge in [0.05, 0.1) is 5.25 Å². The first-order valence-corrected chi connectivity index (χ1v) is 7.00. The Hall–Kier alpha value is -0.760. The Morgan fingerprint density at radius 3 is 3.00 bits per heavy atom. The van der Waals surface area contributed by atoms with E-state index in [2.05, 4.69) is 31.2 Å². The second-order valence-electron chi connectivity index (χ2n) is 4.50. The average molecular weight is 234 g/mol. The minimum atomic E-state index is 0.259. The number of ketones is 1. The Bertz CT molecular complexity index is 373. The van der Waals surface area contributed by atoms with Gasteiger partial charge >= 0.3 is 0 Å². The Morgan fingerprint density at radius 1 is 1.38 bits per heavy atom. The summed E-state index contributed by atoms with van der Waals surface area (Å²) < 4.78 is 0. The quantitative estimate of drug-likeness (QED) is 0.792. The molecule has 86 valence electrons. The van der Waals surface area contributed by atoms with E-state index in [1.54, 1.807) is 0 Å². The van der Waals surface area contributed by atoms with E-state index >= 15 is 0 Å². The normalized spacial score (nSPS) is 21.1. The molecule has 0 aliphatic heterocycles. The number of rotatable bonds is 3. The standard InChI is InChI=1S/C14H18OS/c1-11-5-4-6-12(9-11)10-16-14-8-3-2-7-13(14)15/h4-6,9,14H,2-3,7-8,10H2,1H3. The maximum Gasteiger partial charge on any atom is 0.145 e. The number of carbonyl (C=O) groups is 1. The monoisotopic (exact) mass is 234 g/mol. The van der Waals surface area contributed by atoms with Crippen molar-refractivity contribution in [1.29, 1.82) is 0 Å². The molecule has 16 heavy (non-hydrogen) atoms. The molecule has 0 saturated heterocycles. The second kappa shape index (κ2) is 5.53. The summed E-state index contributed by atoms with van der Waals surface area (Å²) in [6.07, 6.45) is 4.19. The summed E-state index contributed by atoms with van der Waals surface area (Å²) in [5, 5.41) is 0.259. The summed E-state index contributed by atoms with van der Waals surface area (Å²) in [6.45, 7) is 2.11. The highest BCUT2D eigenvalue weighted by Gasteiger charge is 2.22. The van der Waals surface area contributed by atoms with E-state index in [0.29, 0.717) is 5.78 Å². The zero-order valence-corrected chi connectivity index (χ0v) is 10.6. The lowest BCUT2D eigenvalue weighted by Gasteiger charge is -2.19. The summed E-state index contributed by atoms with van der Waals surface area (Å²) in [6, 6.07) is 8.56. The Labute approximate surface area is 102 Å². The van der Waals surface area contributed by atoms with Gasteiger partial charge in [-0.1, -0.05) is 36.2 Å². The first-order valence-electron chi connectivity index (χ1n) is 5.95. The van der Waals surface area contributed by atoms with Crippen molar-refractivity contribution in [1.82, 2.24) is 0 Å². The van der Waals surface area contributed by atoms with Crippen LogP contribution in [0, 0.1) is 6.92 Å². The van der Waals surface area contributed by atoms with Crippen LogP contribution in [0.15, 0.2) is 24.3 Å². The lowest BCUT2D eigenvalue weighted by atomic mass is 9.99. The van der Waals surface area contributed by atoms with Gasteiger partial charge in [-0.15, -0.1) is 11.8 Å². The summed E-state index contributed by atoms with van der Waals surface area (Å²) >= 11 is 1.82. The van der Waals surface area contributed by atoms with E-state index in [1.807, 2.05) is 11.8 Å². The molecule has 1 saturated carbocycles. The molecule has 0 heterocycles. The van der Waals surface area contributed by atoms with Crippen LogP contribution in [0.25, 0.3) is 0 Å². The van der Waals surface area contributed by atoms with Crippen molar-refractivity contribution in [2.45, 2.75) is 43.6 Å². The molecule has 0 spiro atoms. The molecule has 1 atom stereocenters. The molecule has 2 rings (SSSR count). The van der Waals surface area contributed by atoms with Crippen molar-refractivity contribution in [2.75, 3.05) is 0 Å². The molecule has 1 unspecified atom stereocenters. The van der Waals surface area contributed by atoms with Crippen molar-refractivity contribution >= 4 is 17.5 Å². The SMILES string of the molecule is Cc1cccc(CSC2CCCCC2=O)c1. The minimum Gasteiger partial charge on any atom is -0.298 e. The van der Waals surface area contributed by atoms with Crippen LogP contribution in [-0.2, 0) is 10.5 Å². The number of hydrogen-bond donors (Lipinski definition) is 0. The molecule has 1 aliphatic carbocycles. The number of Topliss-reactive ketones (excluding diaryl/α,β-unsaturated/α-hetero) is 1. The number of benzene rings is 1. The van der Waals surface area contributed by atoms with Gasteiger partial charge in [0, 0.05) is 12.2 Å². The maximum atomic E-state index is 11.7. The number of carbonyl (C=O) groups excluding carboxylic acids is 1. The fourth-order valence-electron chi connectivity index (χ4n) is 2.13. The topological polar surface area (TPSA) is 17.1 Å². The lowest BCUT2D eigenvalue weighted by molar-refractivity contribution is -0.119. The second-order valence-corrected chi connectivity index (χ2v) is 5.69. The van der Waals surface area contributed by atoms with Gasteiger partial charge in [-0.3, -0.25) is 4.79 Å². The molecule has 0 aromatic heterocycles. The van der Waals surface area contributed by atoms with Crippen LogP contribution in [0.3, 0.4) is 0 Å². The number of hydrogen-bond acceptors (Lipinski definition) is 2. The van der Waals surface area contributed by atoms with Gasteiger partial charge < -0.3 is 0 Å². The van der Waals surface area contributed by atoms with Crippen LogP contribution >= 0.6 is 11.8 Å². The zero-order valence-electron chi connectivity index (χ0n) is 9.74. The minimum absolute atomic E-state index is 0.259. The molecular weight excluding hydrogens is 216 g/mol. The van der Waals surface area contributed by atoms with E-state index in [9.17, 15) is 4.79 Å². The highest BCUT2D eigenvalue weighted by molar-refractivity contribution is 7.99. The molecule has 1 fully saturated rings. The van der Waals surface area contributed by atoms with Crippen LogP contribution in [0.4, 0.5) is 0 Å². The summed E-state index contributed by atoms with van der Waals surface area (Å²) in [7, 11) is 0. The maximum absolute atomic E-state index is 11.7. The van der Waals surface area contributed by atoms with Crippen LogP contribution < -0.4 is 0 Å². The fourth-order valence-corrected chi connectivity index (χ4v) is 3.34. The van der Waals surface area contributed by atoms with Crippen molar-refractivity contribution in [2.24, 2.45) is 0 Å². The molecule has 2 heteroatoms. The fraction of sp³-hybridized carbons (Fsp3) is 0.500. The van der Waals surface area contributed by atoms with Crippen LogP contribution in [-0.4, -0.2) is 11.0 Å². The average Bonchev–Trinajstić information content (AvgIpc) is 2.28. The van der Waals surface area contributed by atoms with Crippen LogP contribution in [0.1, 0.15) is 36.8 Å². The first-order chi connectivity index (χ1) is 7.75. The molecule has 0 N–H and O–H groups in total. The van der Waals surface area contributed by atoms with E-state index in [4.69, 9.17) is 0 Å². The number of aryl methyl sites for hydroxylation is 1. The molecule has 0 amide bonds. The van der Waals surface area contributed by atoms with Crippen molar-refractivity contribution < 1.29 is 4.79 Å². The van der Waals surface area contributed by atoms with E-state index < -0.39 is 0 Å². The predicted molar refractivity (Wildman–Crippen MR) is 69.7 cm³/mol. The van der Waals surface area contributed by atoms with Crippen molar-refractivity contribution in [3.63, 3.8) is 0 Å².